The molecule has 0 bridgehead atoms. The summed E-state index contributed by atoms with van der Waals surface area (Å²) in [6.07, 6.45) is 0. The molecule has 410 valence electrons. The van der Waals surface area contributed by atoms with E-state index in [9.17, 15) is 10.5 Å². The molecule has 0 aliphatic rings. The lowest BCUT2D eigenvalue weighted by molar-refractivity contribution is 1.12. The number of hydrogen-bond acceptors (Lipinski definition) is 4. The van der Waals surface area contributed by atoms with Crippen molar-refractivity contribution < 1.29 is 0 Å². The van der Waals surface area contributed by atoms with E-state index in [-0.39, 0.29) is 0 Å². The number of benzene rings is 13. The van der Waals surface area contributed by atoms with Gasteiger partial charge in [-0.1, -0.05) is 170 Å². The third-order valence-corrected chi connectivity index (χ3v) is 17.5. The molecule has 0 radical (unpaired) electrons. The molecule has 0 unspecified atom stereocenters. The van der Waals surface area contributed by atoms with E-state index in [1.807, 2.05) is 36.4 Å². The highest BCUT2D eigenvalue weighted by atomic mass is 15.2. The Labute approximate surface area is 506 Å². The molecule has 0 spiro atoms. The van der Waals surface area contributed by atoms with Crippen LogP contribution in [0, 0.1) is 22.7 Å². The molecule has 4 aromatic heterocycles. The van der Waals surface area contributed by atoms with Crippen LogP contribution in [0.2, 0.25) is 0 Å². The average Bonchev–Trinajstić information content (AvgIpc) is 1.58. The van der Waals surface area contributed by atoms with Crippen LogP contribution in [0.25, 0.3) is 110 Å². The van der Waals surface area contributed by atoms with Gasteiger partial charge in [-0.3, -0.25) is 0 Å². The fourth-order valence-corrected chi connectivity index (χ4v) is 13.9. The Morgan fingerprint density at radius 2 is 0.523 bits per heavy atom. The Morgan fingerprint density at radius 1 is 0.239 bits per heavy atom. The Morgan fingerprint density at radius 3 is 0.864 bits per heavy atom. The molecule has 13 aromatic carbocycles. The monoisotopic (exact) mass is 1120 g/mol. The zero-order valence-electron chi connectivity index (χ0n) is 47.4. The first-order valence-electron chi connectivity index (χ1n) is 29.5. The van der Waals surface area contributed by atoms with Gasteiger partial charge in [0.1, 0.15) is 12.1 Å². The maximum atomic E-state index is 12.1. The predicted octanol–water partition coefficient (Wildman–Crippen LogP) is 20.8. The zero-order chi connectivity index (χ0) is 58.4. The molecule has 88 heavy (non-hydrogen) atoms. The summed E-state index contributed by atoms with van der Waals surface area (Å²) in [5.41, 5.74) is 17.7. The van der Waals surface area contributed by atoms with Crippen LogP contribution in [0.5, 0.6) is 0 Å². The second kappa shape index (κ2) is 20.2. The fourth-order valence-electron chi connectivity index (χ4n) is 13.9. The molecule has 0 aliphatic heterocycles. The van der Waals surface area contributed by atoms with Gasteiger partial charge in [0.2, 0.25) is 0 Å². The second-order valence-corrected chi connectivity index (χ2v) is 22.3. The average molecular weight is 1120 g/mol. The molecule has 0 saturated heterocycles. The predicted molar refractivity (Wildman–Crippen MR) is 363 cm³/mol. The van der Waals surface area contributed by atoms with Crippen molar-refractivity contribution >= 4 is 121 Å². The fraction of sp³-hybridized carbons (Fsp3) is 0. The summed E-state index contributed by atoms with van der Waals surface area (Å²) in [7, 11) is 0. The lowest BCUT2D eigenvalue weighted by atomic mass is 10.1. The third kappa shape index (κ3) is 7.63. The molecule has 0 fully saturated rings. The highest BCUT2D eigenvalue weighted by Gasteiger charge is 2.29. The number of fused-ring (bicyclic) bond motifs is 12. The van der Waals surface area contributed by atoms with Gasteiger partial charge in [-0.25, -0.2) is 0 Å². The van der Waals surface area contributed by atoms with E-state index < -0.39 is 0 Å². The molecule has 0 atom stereocenters. The van der Waals surface area contributed by atoms with E-state index in [0.717, 1.165) is 133 Å². The van der Waals surface area contributed by atoms with Crippen molar-refractivity contribution in [1.29, 1.82) is 10.5 Å². The van der Waals surface area contributed by atoms with Crippen LogP contribution in [0.3, 0.4) is 0 Å². The lowest BCUT2D eigenvalue weighted by Crippen LogP contribution is -2.12. The smallest absolute Gasteiger partial charge is 0.101 e. The maximum absolute atomic E-state index is 12.1. The minimum atomic E-state index is 0.401. The summed E-state index contributed by atoms with van der Waals surface area (Å²) >= 11 is 0. The van der Waals surface area contributed by atoms with E-state index >= 15 is 0 Å². The van der Waals surface area contributed by atoms with Crippen molar-refractivity contribution in [3.05, 3.63) is 314 Å². The summed E-state index contributed by atoms with van der Waals surface area (Å²) in [5.74, 6) is 0. The summed E-state index contributed by atoms with van der Waals surface area (Å²) < 4.78 is 9.21. The quantitative estimate of drug-likeness (QED) is 0.137. The van der Waals surface area contributed by atoms with Crippen LogP contribution >= 0.6 is 0 Å². The van der Waals surface area contributed by atoms with Crippen molar-refractivity contribution in [2.75, 3.05) is 9.80 Å². The highest BCUT2D eigenvalue weighted by Crippen LogP contribution is 2.49. The molecule has 4 heterocycles. The molecular weight excluding hydrogens is 1070 g/mol. The van der Waals surface area contributed by atoms with Crippen LogP contribution in [-0.4, -0.2) is 18.3 Å². The first-order valence-corrected chi connectivity index (χ1v) is 29.5. The number of para-hydroxylation sites is 10. The molecule has 0 amide bonds. The van der Waals surface area contributed by atoms with Gasteiger partial charge >= 0.3 is 0 Å². The van der Waals surface area contributed by atoms with E-state index in [4.69, 9.17) is 0 Å². The van der Waals surface area contributed by atoms with Gasteiger partial charge in [-0.05, 0) is 133 Å². The van der Waals surface area contributed by atoms with E-state index in [0.29, 0.717) is 22.5 Å². The molecular formula is C80H50N8. The topological polar surface area (TPSA) is 73.8 Å². The normalized spacial score (nSPS) is 11.6. The number of rotatable bonds is 10. The number of nitrogens with zero attached hydrogens (tertiary/aromatic N) is 8. The minimum absolute atomic E-state index is 0.401. The Kier molecular flexibility index (Phi) is 11.5. The van der Waals surface area contributed by atoms with Crippen molar-refractivity contribution in [3.8, 4) is 34.9 Å². The minimum Gasteiger partial charge on any atom is -0.309 e. The lowest BCUT2D eigenvalue weighted by Gasteiger charge is -2.27. The van der Waals surface area contributed by atoms with Crippen LogP contribution in [0.4, 0.5) is 34.1 Å². The molecule has 8 nitrogen and oxygen atoms in total. The highest BCUT2D eigenvalue weighted by molar-refractivity contribution is 6.23. The van der Waals surface area contributed by atoms with Gasteiger partial charge in [0.25, 0.3) is 0 Å². The van der Waals surface area contributed by atoms with Crippen molar-refractivity contribution in [3.63, 3.8) is 0 Å². The van der Waals surface area contributed by atoms with Crippen LogP contribution < -0.4 is 9.80 Å². The Balaban J connectivity index is 1.01. The van der Waals surface area contributed by atoms with Gasteiger partial charge in [-0.15, -0.1) is 0 Å². The molecule has 17 rings (SSSR count). The van der Waals surface area contributed by atoms with Crippen LogP contribution in [-0.2, 0) is 0 Å². The van der Waals surface area contributed by atoms with Crippen LogP contribution in [0.15, 0.2) is 303 Å². The van der Waals surface area contributed by atoms with Gasteiger partial charge < -0.3 is 28.1 Å². The molecule has 0 saturated carbocycles. The van der Waals surface area contributed by atoms with E-state index in [1.165, 1.54) is 0 Å². The van der Waals surface area contributed by atoms with Crippen LogP contribution in [0.1, 0.15) is 11.1 Å². The van der Waals surface area contributed by atoms with E-state index in [1.54, 1.807) is 0 Å². The molecule has 8 heteroatoms. The van der Waals surface area contributed by atoms with Gasteiger partial charge in [0.15, 0.2) is 0 Å². The number of hydrogen-bond donors (Lipinski definition) is 0. The third-order valence-electron chi connectivity index (χ3n) is 17.5. The summed E-state index contributed by atoms with van der Waals surface area (Å²) in [6.45, 7) is 0. The van der Waals surface area contributed by atoms with Gasteiger partial charge in [0.05, 0.1) is 78.0 Å². The number of anilines is 6. The Bertz CT molecular complexity index is 5260. The van der Waals surface area contributed by atoms with Gasteiger partial charge in [0, 0.05) is 77.2 Å². The molecule has 0 N–H and O–H groups in total. The van der Waals surface area contributed by atoms with Crippen molar-refractivity contribution in [1.82, 2.24) is 18.3 Å². The first-order chi connectivity index (χ1) is 43.6. The zero-order valence-corrected chi connectivity index (χ0v) is 47.4. The first kappa shape index (κ1) is 50.2. The summed E-state index contributed by atoms with van der Waals surface area (Å²) in [4.78, 5) is 4.59. The SMILES string of the molecule is N#Cc1cc(-n2c3cc4c5ccccc5n(-c5ccccc5)c4cc3c3cccc(N(c4ccccc4)c4ccccc4)c32)c(C#N)cc1-n1c2cc3c4ccccc4n(-c4ccccc4)c3cc2c2cccc(N(c3ccccc3)c3ccccc3)c21. The number of nitriles is 2. The maximum Gasteiger partial charge on any atom is 0.101 e. The van der Waals surface area contributed by atoms with Gasteiger partial charge in [-0.2, -0.15) is 10.5 Å². The largest absolute Gasteiger partial charge is 0.309 e. The standard InChI is InChI=1S/C80H50N8/c81-51-53-46-74(88-78-48-66-62-38-20-22-42-70(62)86(60-35-17-6-18-36-60)76(66)50-68(78)64-40-24-44-72(80(64)88)84(57-29-11-3-12-30-57)58-31-13-4-14-32-58)54(52-82)45-73(53)87-77-47-65-61-37-19-21-41-69(61)85(59-33-15-5-16-34-59)75(65)49-67(77)63-39-23-43-71(79(63)87)83(55-25-7-1-8-26-55)56-27-9-2-10-28-56/h1-50H. The Hall–Kier alpha value is -12.4. The summed E-state index contributed by atoms with van der Waals surface area (Å²) in [5, 5.41) is 32.5. The van der Waals surface area contributed by atoms with E-state index in [2.05, 4.69) is 307 Å². The molecule has 17 aromatic rings. The van der Waals surface area contributed by atoms with Crippen molar-refractivity contribution in [2.24, 2.45) is 0 Å². The molecule has 0 aliphatic carbocycles. The van der Waals surface area contributed by atoms with Crippen molar-refractivity contribution in [2.45, 2.75) is 0 Å². The summed E-state index contributed by atoms with van der Waals surface area (Å²) in [6, 6.07) is 112. The second-order valence-electron chi connectivity index (χ2n) is 22.3. The number of aromatic nitrogens is 4.